The molecule has 0 radical (unpaired) electrons. The van der Waals surface area contributed by atoms with Crippen LogP contribution in [0.25, 0.3) is 15.3 Å². The summed E-state index contributed by atoms with van der Waals surface area (Å²) >= 11 is 3.75. The van der Waals surface area contributed by atoms with Gasteiger partial charge in [-0.1, -0.05) is 36.4 Å². The molecule has 0 amide bonds. The minimum atomic E-state index is 0.526. The Labute approximate surface area is 174 Å². The Morgan fingerprint density at radius 3 is 2.61 bits per heavy atom. The molecule has 6 rings (SSSR count). The zero-order valence-corrected chi connectivity index (χ0v) is 17.2. The SMILES string of the molecule is C1=C2CCCC3=C2C(C=C1c1ccc(-c2cccs2)s1)CN3c1ccccc1. The lowest BCUT2D eigenvalue weighted by molar-refractivity contribution is 0.746. The molecule has 0 saturated heterocycles. The van der Waals surface area contributed by atoms with E-state index in [4.69, 9.17) is 0 Å². The van der Waals surface area contributed by atoms with Gasteiger partial charge in [0, 0.05) is 38.5 Å². The Kier molecular flexibility index (Phi) is 3.91. The molecule has 0 saturated carbocycles. The lowest BCUT2D eigenvalue weighted by Gasteiger charge is -2.26. The summed E-state index contributed by atoms with van der Waals surface area (Å²) in [5, 5.41) is 2.16. The first-order valence-corrected chi connectivity index (χ1v) is 11.7. The van der Waals surface area contributed by atoms with Crippen molar-refractivity contribution in [2.24, 2.45) is 5.92 Å². The number of benzene rings is 1. The molecule has 1 unspecified atom stereocenters. The molecule has 1 aromatic carbocycles. The molecule has 3 aliphatic rings. The lowest BCUT2D eigenvalue weighted by atomic mass is 9.80. The first-order valence-electron chi connectivity index (χ1n) is 9.99. The Balaban J connectivity index is 1.38. The van der Waals surface area contributed by atoms with E-state index in [-0.39, 0.29) is 0 Å². The minimum Gasteiger partial charge on any atom is -0.344 e. The smallest absolute Gasteiger partial charge is 0.0449 e. The van der Waals surface area contributed by atoms with Crippen molar-refractivity contribution in [2.75, 3.05) is 11.4 Å². The highest BCUT2D eigenvalue weighted by Crippen LogP contribution is 2.48. The topological polar surface area (TPSA) is 3.24 Å². The standard InChI is InChI=1S/C25H21NS2/c1-2-7-20(8-3-1)26-16-19-15-18(14-17-6-4-9-21(26)25(17)19)22-11-12-24(28-22)23-10-5-13-27-23/h1-3,5,7-8,10-15,19H,4,6,9,16H2. The van der Waals surface area contributed by atoms with Gasteiger partial charge in [0.25, 0.3) is 0 Å². The summed E-state index contributed by atoms with van der Waals surface area (Å²) in [6.45, 7) is 1.08. The van der Waals surface area contributed by atoms with E-state index in [9.17, 15) is 0 Å². The molecule has 0 spiro atoms. The second kappa shape index (κ2) is 6.61. The Morgan fingerprint density at radius 2 is 1.75 bits per heavy atom. The maximum absolute atomic E-state index is 2.57. The van der Waals surface area contributed by atoms with E-state index in [1.165, 1.54) is 45.2 Å². The number of nitrogens with zero attached hydrogens (tertiary/aromatic N) is 1. The summed E-state index contributed by atoms with van der Waals surface area (Å²) in [7, 11) is 0. The minimum absolute atomic E-state index is 0.526. The van der Waals surface area contributed by atoms with E-state index >= 15 is 0 Å². The number of hydrogen-bond donors (Lipinski definition) is 0. The van der Waals surface area contributed by atoms with Gasteiger partial charge >= 0.3 is 0 Å². The van der Waals surface area contributed by atoms with Crippen molar-refractivity contribution in [3.63, 3.8) is 0 Å². The van der Waals surface area contributed by atoms with Crippen LogP contribution in [0.1, 0.15) is 24.1 Å². The van der Waals surface area contributed by atoms with Crippen molar-refractivity contribution >= 4 is 33.9 Å². The second-order valence-electron chi connectivity index (χ2n) is 7.70. The van der Waals surface area contributed by atoms with Crippen LogP contribution < -0.4 is 4.90 Å². The maximum atomic E-state index is 2.57. The highest BCUT2D eigenvalue weighted by atomic mass is 32.1. The highest BCUT2D eigenvalue weighted by molar-refractivity contribution is 7.21. The molecule has 1 nitrogen and oxygen atoms in total. The number of allylic oxidation sites excluding steroid dienone is 4. The molecular weight excluding hydrogens is 378 g/mol. The van der Waals surface area contributed by atoms with Crippen LogP contribution in [0.5, 0.6) is 0 Å². The van der Waals surface area contributed by atoms with E-state index in [1.54, 1.807) is 16.8 Å². The van der Waals surface area contributed by atoms with Crippen LogP contribution in [-0.4, -0.2) is 6.54 Å². The van der Waals surface area contributed by atoms with Gasteiger partial charge in [0.05, 0.1) is 0 Å². The Hall–Kier alpha value is -2.36. The molecule has 138 valence electrons. The van der Waals surface area contributed by atoms with Crippen LogP contribution in [-0.2, 0) is 0 Å². The highest BCUT2D eigenvalue weighted by Gasteiger charge is 2.36. The summed E-state index contributed by atoms with van der Waals surface area (Å²) in [5.41, 5.74) is 7.52. The first-order chi connectivity index (χ1) is 13.9. The second-order valence-corrected chi connectivity index (χ2v) is 9.73. The van der Waals surface area contributed by atoms with Crippen LogP contribution >= 0.6 is 22.7 Å². The molecule has 2 aromatic heterocycles. The molecule has 0 bridgehead atoms. The molecular formula is C25H21NS2. The van der Waals surface area contributed by atoms with Crippen molar-refractivity contribution in [1.82, 2.24) is 0 Å². The van der Waals surface area contributed by atoms with Crippen LogP contribution in [0.3, 0.4) is 0 Å². The van der Waals surface area contributed by atoms with Gasteiger partial charge in [0.1, 0.15) is 0 Å². The van der Waals surface area contributed by atoms with Gasteiger partial charge in [0.15, 0.2) is 0 Å². The number of hydrogen-bond acceptors (Lipinski definition) is 3. The average Bonchev–Trinajstić information content (AvgIpc) is 3.49. The average molecular weight is 400 g/mol. The van der Waals surface area contributed by atoms with Gasteiger partial charge in [-0.2, -0.15) is 0 Å². The number of rotatable bonds is 3. The van der Waals surface area contributed by atoms with E-state index in [0.717, 1.165) is 6.54 Å². The quantitative estimate of drug-likeness (QED) is 0.444. The number of para-hydroxylation sites is 1. The molecule has 3 heteroatoms. The summed E-state index contributed by atoms with van der Waals surface area (Å²) in [5.74, 6) is 0.526. The Morgan fingerprint density at radius 1 is 0.857 bits per heavy atom. The molecule has 1 aliphatic heterocycles. The van der Waals surface area contributed by atoms with Crippen molar-refractivity contribution in [3.8, 4) is 9.75 Å². The molecule has 3 aromatic rings. The fourth-order valence-corrected chi connectivity index (χ4v) is 6.67. The van der Waals surface area contributed by atoms with E-state index in [0.29, 0.717) is 5.92 Å². The van der Waals surface area contributed by atoms with Gasteiger partial charge in [-0.3, -0.25) is 0 Å². The normalized spacial score (nSPS) is 20.9. The predicted octanol–water partition coefficient (Wildman–Crippen LogP) is 7.37. The zero-order valence-electron chi connectivity index (χ0n) is 15.6. The molecule has 28 heavy (non-hydrogen) atoms. The summed E-state index contributed by atoms with van der Waals surface area (Å²) < 4.78 is 0. The third kappa shape index (κ3) is 2.65. The van der Waals surface area contributed by atoms with Crippen molar-refractivity contribution in [3.05, 3.63) is 93.8 Å². The largest absolute Gasteiger partial charge is 0.344 e. The van der Waals surface area contributed by atoms with Gasteiger partial charge in [0.2, 0.25) is 0 Å². The Bertz CT molecular complexity index is 1110. The van der Waals surface area contributed by atoms with Gasteiger partial charge in [-0.25, -0.2) is 0 Å². The van der Waals surface area contributed by atoms with Crippen molar-refractivity contribution < 1.29 is 0 Å². The maximum Gasteiger partial charge on any atom is 0.0449 e. The monoisotopic (exact) mass is 399 g/mol. The van der Waals surface area contributed by atoms with Crippen LogP contribution in [0, 0.1) is 5.92 Å². The predicted molar refractivity (Wildman–Crippen MR) is 122 cm³/mol. The molecule has 1 atom stereocenters. The van der Waals surface area contributed by atoms with E-state index < -0.39 is 0 Å². The van der Waals surface area contributed by atoms with Gasteiger partial charge < -0.3 is 4.90 Å². The molecule has 0 N–H and O–H groups in total. The first kappa shape index (κ1) is 16.6. The fraction of sp³-hybridized carbons (Fsp3) is 0.200. The van der Waals surface area contributed by atoms with E-state index in [1.807, 2.05) is 22.7 Å². The number of thiophene rings is 2. The third-order valence-corrected chi connectivity index (χ3v) is 8.23. The molecule has 2 aliphatic carbocycles. The van der Waals surface area contributed by atoms with Crippen molar-refractivity contribution in [2.45, 2.75) is 19.3 Å². The summed E-state index contributed by atoms with van der Waals surface area (Å²) in [6, 6.07) is 19.9. The van der Waals surface area contributed by atoms with Gasteiger partial charge in [-0.05, 0) is 71.7 Å². The fourth-order valence-electron chi connectivity index (χ4n) is 4.84. The summed E-state index contributed by atoms with van der Waals surface area (Å²) in [6.07, 6.45) is 8.70. The van der Waals surface area contributed by atoms with Crippen LogP contribution in [0.15, 0.2) is 89.0 Å². The molecule has 3 heterocycles. The lowest BCUT2D eigenvalue weighted by Crippen LogP contribution is -2.20. The van der Waals surface area contributed by atoms with Gasteiger partial charge in [-0.15, -0.1) is 22.7 Å². The van der Waals surface area contributed by atoms with Crippen LogP contribution in [0.2, 0.25) is 0 Å². The van der Waals surface area contributed by atoms with Crippen LogP contribution in [0.4, 0.5) is 5.69 Å². The zero-order chi connectivity index (χ0) is 18.5. The third-order valence-electron chi connectivity index (χ3n) is 6.03. The van der Waals surface area contributed by atoms with Crippen molar-refractivity contribution in [1.29, 1.82) is 0 Å². The number of anilines is 1. The van der Waals surface area contributed by atoms with E-state index in [2.05, 4.69) is 77.0 Å². The summed E-state index contributed by atoms with van der Waals surface area (Å²) in [4.78, 5) is 6.72. The molecule has 0 fully saturated rings.